The standard InChI is InChI=1S/C23H31NO2/c1-22(2,3)19(17-12-8-7-9-13-17)16-18-14-10-11-15-20(18)24-21(25)26-23(4,5)6/h7-13,15-16,19H,14H2,1-6H3,(H,24,25). The Kier molecular flexibility index (Phi) is 6.12. The Morgan fingerprint density at radius 2 is 1.77 bits per heavy atom. The lowest BCUT2D eigenvalue weighted by Gasteiger charge is -2.30. The predicted octanol–water partition coefficient (Wildman–Crippen LogP) is 6.11. The second kappa shape index (κ2) is 7.94. The number of carbonyl (C=O) groups is 1. The molecule has 1 aromatic rings. The van der Waals surface area contributed by atoms with Crippen LogP contribution in [0.25, 0.3) is 0 Å². The van der Waals surface area contributed by atoms with Gasteiger partial charge in [-0.2, -0.15) is 0 Å². The van der Waals surface area contributed by atoms with Crippen molar-refractivity contribution in [1.82, 2.24) is 5.32 Å². The predicted molar refractivity (Wildman–Crippen MR) is 108 cm³/mol. The molecule has 3 heteroatoms. The second-order valence-electron chi connectivity index (χ2n) is 8.79. The first-order valence-electron chi connectivity index (χ1n) is 9.19. The summed E-state index contributed by atoms with van der Waals surface area (Å²) in [5.74, 6) is 0.244. The minimum absolute atomic E-state index is 0.0620. The van der Waals surface area contributed by atoms with E-state index in [1.165, 1.54) is 5.56 Å². The molecule has 0 aromatic heterocycles. The first kappa shape index (κ1) is 20.0. The van der Waals surface area contributed by atoms with Crippen LogP contribution in [0.4, 0.5) is 4.79 Å². The molecular weight excluding hydrogens is 322 g/mol. The highest BCUT2D eigenvalue weighted by atomic mass is 16.6. The Labute approximate surface area is 157 Å². The summed E-state index contributed by atoms with van der Waals surface area (Å²) < 4.78 is 5.40. The number of nitrogens with one attached hydrogen (secondary N) is 1. The molecule has 1 aromatic carbocycles. The molecule has 1 atom stereocenters. The van der Waals surface area contributed by atoms with E-state index in [1.807, 2.05) is 39.0 Å². The lowest BCUT2D eigenvalue weighted by Crippen LogP contribution is -2.33. The third kappa shape index (κ3) is 5.91. The Hall–Kier alpha value is -2.29. The van der Waals surface area contributed by atoms with Crippen LogP contribution in [0, 0.1) is 5.41 Å². The summed E-state index contributed by atoms with van der Waals surface area (Å²) in [6.07, 6.45) is 8.67. The van der Waals surface area contributed by atoms with Gasteiger partial charge in [-0.3, -0.25) is 5.32 Å². The molecule has 1 aliphatic carbocycles. The summed E-state index contributed by atoms with van der Waals surface area (Å²) in [5.41, 5.74) is 2.75. The van der Waals surface area contributed by atoms with Gasteiger partial charge in [0.1, 0.15) is 5.60 Å². The van der Waals surface area contributed by atoms with Crippen LogP contribution in [-0.4, -0.2) is 11.7 Å². The van der Waals surface area contributed by atoms with Crippen molar-refractivity contribution in [2.45, 2.75) is 59.5 Å². The van der Waals surface area contributed by atoms with E-state index in [9.17, 15) is 4.79 Å². The maximum Gasteiger partial charge on any atom is 0.412 e. The van der Waals surface area contributed by atoms with Gasteiger partial charge in [0.2, 0.25) is 0 Å². The summed E-state index contributed by atoms with van der Waals surface area (Å²) >= 11 is 0. The maximum atomic E-state index is 12.2. The molecule has 0 bridgehead atoms. The van der Waals surface area contributed by atoms with Crippen molar-refractivity contribution in [1.29, 1.82) is 0 Å². The molecule has 140 valence electrons. The summed E-state index contributed by atoms with van der Waals surface area (Å²) in [7, 11) is 0. The van der Waals surface area contributed by atoms with Gasteiger partial charge in [-0.15, -0.1) is 0 Å². The number of amides is 1. The van der Waals surface area contributed by atoms with Crippen molar-refractivity contribution in [3.63, 3.8) is 0 Å². The van der Waals surface area contributed by atoms with Crippen LogP contribution in [0.15, 0.2) is 65.9 Å². The van der Waals surface area contributed by atoms with Crippen molar-refractivity contribution in [2.75, 3.05) is 0 Å². The first-order chi connectivity index (χ1) is 12.1. The Bertz CT molecular complexity index is 713. The Morgan fingerprint density at radius 3 is 2.35 bits per heavy atom. The number of hydrogen-bond acceptors (Lipinski definition) is 2. The number of alkyl carbamates (subject to hydrolysis) is 1. The molecule has 1 unspecified atom stereocenters. The fourth-order valence-electron chi connectivity index (χ4n) is 2.98. The van der Waals surface area contributed by atoms with Crippen LogP contribution in [0.3, 0.4) is 0 Å². The third-order valence-corrected chi connectivity index (χ3v) is 4.18. The molecule has 1 N–H and O–H groups in total. The Balaban J connectivity index is 2.29. The average molecular weight is 354 g/mol. The fraction of sp³-hybridized carbons (Fsp3) is 0.435. The molecule has 0 saturated carbocycles. The lowest BCUT2D eigenvalue weighted by molar-refractivity contribution is 0.0547. The van der Waals surface area contributed by atoms with E-state index in [4.69, 9.17) is 4.74 Å². The van der Waals surface area contributed by atoms with Gasteiger partial charge in [-0.05, 0) is 49.8 Å². The highest BCUT2D eigenvalue weighted by Crippen LogP contribution is 2.38. The van der Waals surface area contributed by atoms with Crippen LogP contribution >= 0.6 is 0 Å². The minimum atomic E-state index is -0.517. The molecule has 1 aliphatic rings. The minimum Gasteiger partial charge on any atom is -0.444 e. The van der Waals surface area contributed by atoms with Gasteiger partial charge in [-0.25, -0.2) is 4.79 Å². The largest absolute Gasteiger partial charge is 0.444 e. The van der Waals surface area contributed by atoms with Crippen LogP contribution in [0.5, 0.6) is 0 Å². The molecule has 2 rings (SSSR count). The summed E-state index contributed by atoms with van der Waals surface area (Å²) in [6.45, 7) is 12.3. The van der Waals surface area contributed by atoms with Crippen molar-refractivity contribution in [3.8, 4) is 0 Å². The lowest BCUT2D eigenvalue weighted by atomic mass is 9.75. The molecule has 26 heavy (non-hydrogen) atoms. The van der Waals surface area contributed by atoms with Gasteiger partial charge in [-0.1, -0.05) is 69.3 Å². The summed E-state index contributed by atoms with van der Waals surface area (Å²) in [5, 5.41) is 2.91. The van der Waals surface area contributed by atoms with E-state index >= 15 is 0 Å². The zero-order chi connectivity index (χ0) is 19.4. The van der Waals surface area contributed by atoms with Crippen molar-refractivity contribution in [2.24, 2.45) is 5.41 Å². The number of benzene rings is 1. The van der Waals surface area contributed by atoms with Crippen LogP contribution < -0.4 is 5.32 Å². The number of carbonyl (C=O) groups excluding carboxylic acids is 1. The molecule has 0 spiro atoms. The molecular formula is C23H31NO2. The monoisotopic (exact) mass is 353 g/mol. The zero-order valence-corrected chi connectivity index (χ0v) is 16.8. The number of hydrogen-bond donors (Lipinski definition) is 1. The third-order valence-electron chi connectivity index (χ3n) is 4.18. The Morgan fingerprint density at radius 1 is 1.12 bits per heavy atom. The molecule has 3 nitrogen and oxygen atoms in total. The second-order valence-corrected chi connectivity index (χ2v) is 8.79. The van der Waals surface area contributed by atoms with Gasteiger partial charge < -0.3 is 4.74 Å². The van der Waals surface area contributed by atoms with Crippen LogP contribution in [-0.2, 0) is 4.74 Å². The van der Waals surface area contributed by atoms with Crippen LogP contribution in [0.2, 0.25) is 0 Å². The van der Waals surface area contributed by atoms with Gasteiger partial charge in [0.05, 0.1) is 0 Å². The maximum absolute atomic E-state index is 12.2. The van der Waals surface area contributed by atoms with Gasteiger partial charge in [0.15, 0.2) is 0 Å². The SMILES string of the molecule is CC(C)(C)OC(=O)NC1=CC=CCC1=CC(c1ccccc1)C(C)(C)C. The highest BCUT2D eigenvalue weighted by molar-refractivity contribution is 5.72. The number of rotatable bonds is 3. The van der Waals surface area contributed by atoms with Gasteiger partial charge >= 0.3 is 6.09 Å². The zero-order valence-electron chi connectivity index (χ0n) is 16.8. The molecule has 0 saturated heterocycles. The van der Waals surface area contributed by atoms with Crippen molar-refractivity contribution < 1.29 is 9.53 Å². The van der Waals surface area contributed by atoms with E-state index in [0.29, 0.717) is 0 Å². The van der Waals surface area contributed by atoms with Gasteiger partial charge in [0.25, 0.3) is 0 Å². The van der Waals surface area contributed by atoms with Gasteiger partial charge in [0, 0.05) is 11.6 Å². The molecule has 0 radical (unpaired) electrons. The topological polar surface area (TPSA) is 38.3 Å². The van der Waals surface area contributed by atoms with E-state index < -0.39 is 11.7 Å². The fourth-order valence-corrected chi connectivity index (χ4v) is 2.98. The number of ether oxygens (including phenoxy) is 1. The van der Waals surface area contributed by atoms with E-state index in [1.54, 1.807) is 0 Å². The number of allylic oxidation sites excluding steroid dienone is 5. The van der Waals surface area contributed by atoms with Crippen molar-refractivity contribution in [3.05, 3.63) is 71.5 Å². The molecule has 0 heterocycles. The average Bonchev–Trinajstić information content (AvgIpc) is 2.52. The quantitative estimate of drug-likeness (QED) is 0.712. The molecule has 1 amide bonds. The van der Waals surface area contributed by atoms with E-state index in [0.717, 1.165) is 17.7 Å². The highest BCUT2D eigenvalue weighted by Gasteiger charge is 2.26. The summed E-state index contributed by atoms with van der Waals surface area (Å²) in [6, 6.07) is 10.5. The van der Waals surface area contributed by atoms with Crippen molar-refractivity contribution >= 4 is 6.09 Å². The normalized spacial score (nSPS) is 17.6. The molecule has 0 fully saturated rings. The summed E-state index contributed by atoms with van der Waals surface area (Å²) in [4.78, 5) is 12.2. The smallest absolute Gasteiger partial charge is 0.412 e. The van der Waals surface area contributed by atoms with E-state index in [-0.39, 0.29) is 11.3 Å². The van der Waals surface area contributed by atoms with Crippen LogP contribution in [0.1, 0.15) is 59.4 Å². The first-order valence-corrected chi connectivity index (χ1v) is 9.19. The molecule has 0 aliphatic heterocycles. The van der Waals surface area contributed by atoms with E-state index in [2.05, 4.69) is 62.5 Å².